The van der Waals surface area contributed by atoms with Gasteiger partial charge in [0.05, 0.1) is 24.2 Å². The summed E-state index contributed by atoms with van der Waals surface area (Å²) in [6.45, 7) is 0. The van der Waals surface area contributed by atoms with E-state index in [0.717, 1.165) is 22.3 Å². The van der Waals surface area contributed by atoms with Gasteiger partial charge in [-0.25, -0.2) is 4.98 Å². The normalized spacial score (nSPS) is 10.6. The van der Waals surface area contributed by atoms with Gasteiger partial charge in [0.15, 0.2) is 0 Å². The van der Waals surface area contributed by atoms with Gasteiger partial charge >= 0.3 is 0 Å². The maximum absolute atomic E-state index is 6.08. The second-order valence-corrected chi connectivity index (χ2v) is 4.90. The minimum Gasteiger partial charge on any atom is -0.495 e. The predicted molar refractivity (Wildman–Crippen MR) is 71.7 cm³/mol. The van der Waals surface area contributed by atoms with Crippen molar-refractivity contribution in [2.75, 3.05) is 7.11 Å². The van der Waals surface area contributed by atoms with Gasteiger partial charge in [-0.15, -0.1) is 0 Å². The van der Waals surface area contributed by atoms with Gasteiger partial charge in [0.25, 0.3) is 0 Å². The Kier molecular flexibility index (Phi) is 3.74. The largest absolute Gasteiger partial charge is 0.495 e. The molecule has 90 valence electrons. The number of halogens is 2. The fraction of sp³-hybridized carbons (Fsp3) is 0.250. The van der Waals surface area contributed by atoms with Crippen LogP contribution in [0.3, 0.4) is 0 Å². The number of rotatable bonds is 3. The lowest BCUT2D eigenvalue weighted by Crippen LogP contribution is -1.92. The summed E-state index contributed by atoms with van der Waals surface area (Å²) in [5.74, 6) is 0.690. The van der Waals surface area contributed by atoms with Crippen molar-refractivity contribution in [3.8, 4) is 5.75 Å². The summed E-state index contributed by atoms with van der Waals surface area (Å²) >= 11 is 9.58. The third-order valence-corrected chi connectivity index (χ3v) is 3.83. The van der Waals surface area contributed by atoms with Crippen molar-refractivity contribution >= 4 is 27.5 Å². The Morgan fingerprint density at radius 2 is 2.24 bits per heavy atom. The summed E-state index contributed by atoms with van der Waals surface area (Å²) in [7, 11) is 3.55. The lowest BCUT2D eigenvalue weighted by atomic mass is 10.1. The first-order valence-corrected chi connectivity index (χ1v) is 6.27. The van der Waals surface area contributed by atoms with Crippen LogP contribution in [0.4, 0.5) is 0 Å². The van der Waals surface area contributed by atoms with Crippen molar-refractivity contribution in [1.29, 1.82) is 0 Å². The SMILES string of the molecule is COc1ccc(Cc2ncn(C)c2Br)cc1Cl. The topological polar surface area (TPSA) is 27.1 Å². The van der Waals surface area contributed by atoms with E-state index in [4.69, 9.17) is 16.3 Å². The number of nitrogens with zero attached hydrogens (tertiary/aromatic N) is 2. The van der Waals surface area contributed by atoms with E-state index in [2.05, 4.69) is 20.9 Å². The fourth-order valence-electron chi connectivity index (χ4n) is 1.60. The summed E-state index contributed by atoms with van der Waals surface area (Å²) in [4.78, 5) is 4.32. The molecule has 0 unspecified atom stereocenters. The van der Waals surface area contributed by atoms with E-state index in [1.54, 1.807) is 13.4 Å². The zero-order chi connectivity index (χ0) is 12.4. The molecule has 0 bridgehead atoms. The minimum absolute atomic E-state index is 0.622. The van der Waals surface area contributed by atoms with Crippen molar-refractivity contribution < 1.29 is 4.74 Å². The van der Waals surface area contributed by atoms with Crippen LogP contribution in [0.15, 0.2) is 29.1 Å². The first-order chi connectivity index (χ1) is 8.11. The Labute approximate surface area is 114 Å². The molecular weight excluding hydrogens is 304 g/mol. The Balaban J connectivity index is 2.25. The lowest BCUT2D eigenvalue weighted by molar-refractivity contribution is 0.415. The highest BCUT2D eigenvalue weighted by Crippen LogP contribution is 2.26. The average molecular weight is 316 g/mol. The highest BCUT2D eigenvalue weighted by atomic mass is 79.9. The summed E-state index contributed by atoms with van der Waals surface area (Å²) in [5.41, 5.74) is 2.10. The van der Waals surface area contributed by atoms with E-state index >= 15 is 0 Å². The van der Waals surface area contributed by atoms with Gasteiger partial charge in [0, 0.05) is 13.5 Å². The Hall–Kier alpha value is -1.00. The molecule has 1 heterocycles. The highest BCUT2D eigenvalue weighted by molar-refractivity contribution is 9.10. The molecule has 2 aromatic rings. The Bertz CT molecular complexity index is 539. The molecule has 0 radical (unpaired) electrons. The smallest absolute Gasteiger partial charge is 0.137 e. The van der Waals surface area contributed by atoms with Crippen molar-refractivity contribution in [2.24, 2.45) is 7.05 Å². The second kappa shape index (κ2) is 5.10. The molecule has 5 heteroatoms. The monoisotopic (exact) mass is 314 g/mol. The van der Waals surface area contributed by atoms with Gasteiger partial charge < -0.3 is 9.30 Å². The minimum atomic E-state index is 0.622. The Morgan fingerprint density at radius 1 is 1.47 bits per heavy atom. The van der Waals surface area contributed by atoms with Crippen LogP contribution in [-0.2, 0) is 13.5 Å². The van der Waals surface area contributed by atoms with E-state index in [0.29, 0.717) is 10.8 Å². The zero-order valence-electron chi connectivity index (χ0n) is 9.58. The van der Waals surface area contributed by atoms with Gasteiger partial charge in [-0.3, -0.25) is 0 Å². The van der Waals surface area contributed by atoms with Crippen LogP contribution in [0.1, 0.15) is 11.3 Å². The van der Waals surface area contributed by atoms with Crippen LogP contribution < -0.4 is 4.74 Å². The molecule has 0 amide bonds. The summed E-state index contributed by atoms with van der Waals surface area (Å²) in [6.07, 6.45) is 2.52. The van der Waals surface area contributed by atoms with Gasteiger partial charge in [-0.2, -0.15) is 0 Å². The molecule has 1 aromatic heterocycles. The standard InChI is InChI=1S/C12H12BrClN2O/c1-16-7-15-10(12(16)13)6-8-3-4-11(17-2)9(14)5-8/h3-5,7H,6H2,1-2H3. The summed E-state index contributed by atoms with van der Waals surface area (Å²) in [5, 5.41) is 0.622. The maximum atomic E-state index is 6.08. The maximum Gasteiger partial charge on any atom is 0.137 e. The van der Waals surface area contributed by atoms with Crippen LogP contribution in [0.5, 0.6) is 5.75 Å². The van der Waals surface area contributed by atoms with Crippen molar-refractivity contribution in [3.63, 3.8) is 0 Å². The third-order valence-electron chi connectivity index (χ3n) is 2.52. The molecule has 0 spiro atoms. The van der Waals surface area contributed by atoms with E-state index in [-0.39, 0.29) is 0 Å². The van der Waals surface area contributed by atoms with Crippen LogP contribution in [-0.4, -0.2) is 16.7 Å². The molecule has 0 saturated carbocycles. The summed E-state index contributed by atoms with van der Waals surface area (Å²) < 4.78 is 8.04. The quantitative estimate of drug-likeness (QED) is 0.867. The van der Waals surface area contributed by atoms with E-state index in [1.165, 1.54) is 0 Å². The van der Waals surface area contributed by atoms with E-state index in [9.17, 15) is 0 Å². The number of methoxy groups -OCH3 is 1. The number of aryl methyl sites for hydroxylation is 1. The van der Waals surface area contributed by atoms with Crippen LogP contribution in [0, 0.1) is 0 Å². The van der Waals surface area contributed by atoms with Crippen LogP contribution in [0.2, 0.25) is 5.02 Å². The van der Waals surface area contributed by atoms with Crippen molar-refractivity contribution in [2.45, 2.75) is 6.42 Å². The number of benzene rings is 1. The molecule has 0 aliphatic rings. The van der Waals surface area contributed by atoms with E-state index in [1.807, 2.05) is 29.8 Å². The molecule has 0 N–H and O–H groups in total. The molecule has 0 aliphatic carbocycles. The number of aromatic nitrogens is 2. The molecule has 3 nitrogen and oxygen atoms in total. The van der Waals surface area contributed by atoms with Gasteiger partial charge in [0.2, 0.25) is 0 Å². The molecule has 0 aliphatic heterocycles. The number of ether oxygens (including phenoxy) is 1. The number of imidazole rings is 1. The fourth-order valence-corrected chi connectivity index (χ4v) is 2.21. The third kappa shape index (κ3) is 2.64. The second-order valence-electron chi connectivity index (χ2n) is 3.74. The predicted octanol–water partition coefficient (Wildman–Crippen LogP) is 3.44. The van der Waals surface area contributed by atoms with Crippen LogP contribution in [0.25, 0.3) is 0 Å². The zero-order valence-corrected chi connectivity index (χ0v) is 11.9. The van der Waals surface area contributed by atoms with Crippen molar-refractivity contribution in [1.82, 2.24) is 9.55 Å². The average Bonchev–Trinajstić information content (AvgIpc) is 2.61. The highest BCUT2D eigenvalue weighted by Gasteiger charge is 2.08. The molecule has 1 aromatic carbocycles. The van der Waals surface area contributed by atoms with Gasteiger partial charge in [-0.1, -0.05) is 17.7 Å². The van der Waals surface area contributed by atoms with Gasteiger partial charge in [0.1, 0.15) is 10.4 Å². The molecule has 17 heavy (non-hydrogen) atoms. The molecule has 0 atom stereocenters. The number of hydrogen-bond donors (Lipinski definition) is 0. The molecular formula is C12H12BrClN2O. The Morgan fingerprint density at radius 3 is 2.76 bits per heavy atom. The summed E-state index contributed by atoms with van der Waals surface area (Å²) in [6, 6.07) is 5.77. The molecule has 0 saturated heterocycles. The van der Waals surface area contributed by atoms with Gasteiger partial charge in [-0.05, 0) is 33.6 Å². The first kappa shape index (κ1) is 12.5. The lowest BCUT2D eigenvalue weighted by Gasteiger charge is -2.05. The van der Waals surface area contributed by atoms with Crippen molar-refractivity contribution in [3.05, 3.63) is 45.4 Å². The first-order valence-electron chi connectivity index (χ1n) is 5.10. The van der Waals surface area contributed by atoms with E-state index < -0.39 is 0 Å². The molecule has 2 rings (SSSR count). The van der Waals surface area contributed by atoms with Crippen LogP contribution >= 0.6 is 27.5 Å². The molecule has 0 fully saturated rings. The number of hydrogen-bond acceptors (Lipinski definition) is 2.